The van der Waals surface area contributed by atoms with Gasteiger partial charge in [-0.25, -0.2) is 8.78 Å². The van der Waals surface area contributed by atoms with Crippen LogP contribution in [-0.2, 0) is 22.5 Å². The molecule has 0 amide bonds. The molecule has 9 nitrogen and oxygen atoms in total. The van der Waals surface area contributed by atoms with Crippen molar-refractivity contribution in [1.82, 2.24) is 19.9 Å². The first kappa shape index (κ1) is 36.9. The lowest BCUT2D eigenvalue weighted by atomic mass is 9.94. The van der Waals surface area contributed by atoms with Gasteiger partial charge in [-0.1, -0.05) is 50.2 Å². The number of nitrogens with zero attached hydrogens (tertiary/aromatic N) is 5. The number of fused-ring (bicyclic) bond motifs is 2. The van der Waals surface area contributed by atoms with Gasteiger partial charge in [-0.15, -0.1) is 0 Å². The van der Waals surface area contributed by atoms with Crippen molar-refractivity contribution in [1.29, 1.82) is 0 Å². The smallest absolute Gasteiger partial charge is 0.319 e. The van der Waals surface area contributed by atoms with Crippen molar-refractivity contribution in [3.8, 4) is 23.0 Å². The lowest BCUT2D eigenvalue weighted by molar-refractivity contribution is 0.0512. The molecule has 2 aliphatic rings. The number of hydrogen-bond acceptors (Lipinski definition) is 9. The molecule has 280 valence electrons. The molecule has 2 unspecified atom stereocenters. The number of aromatic nitrogens is 3. The lowest BCUT2D eigenvalue weighted by Gasteiger charge is -2.32. The van der Waals surface area contributed by atoms with E-state index >= 15 is 8.78 Å². The molecule has 3 atom stereocenters. The Labute approximate surface area is 310 Å². The highest BCUT2D eigenvalue weighted by Crippen LogP contribution is 2.53. The number of anilines is 1. The summed E-state index contributed by atoms with van der Waals surface area (Å²) in [7, 11) is 5.65. The molecule has 0 radical (unpaired) electrons. The summed E-state index contributed by atoms with van der Waals surface area (Å²) in [5.41, 5.74) is 2.04. The molecule has 1 saturated heterocycles. The molecule has 3 aromatic carbocycles. The average Bonchev–Trinajstić information content (AvgIpc) is 3.84. The molecule has 0 spiro atoms. The predicted molar refractivity (Wildman–Crippen MR) is 203 cm³/mol. The molecule has 1 aliphatic heterocycles. The lowest BCUT2D eigenvalue weighted by Crippen LogP contribution is -2.35. The molecule has 1 aliphatic carbocycles. The zero-order chi connectivity index (χ0) is 37.1. The van der Waals surface area contributed by atoms with Crippen molar-refractivity contribution in [2.45, 2.75) is 46.1 Å². The van der Waals surface area contributed by atoms with Gasteiger partial charge in [0.2, 0.25) is 0 Å². The molecule has 53 heavy (non-hydrogen) atoms. The second-order valence-electron chi connectivity index (χ2n) is 15.0. The maximum absolute atomic E-state index is 17.2. The number of rotatable bonds is 15. The Kier molecular flexibility index (Phi) is 11.1. The monoisotopic (exact) mass is 725 g/mol. The molecule has 5 aromatic rings. The summed E-state index contributed by atoms with van der Waals surface area (Å²) in [6, 6.07) is 16.9. The van der Waals surface area contributed by atoms with Gasteiger partial charge >= 0.3 is 6.01 Å². The van der Waals surface area contributed by atoms with Crippen molar-refractivity contribution in [3.05, 3.63) is 83.6 Å². The second-order valence-corrected chi connectivity index (χ2v) is 15.0. The van der Waals surface area contributed by atoms with Crippen LogP contribution in [0.4, 0.5) is 14.6 Å². The van der Waals surface area contributed by atoms with Crippen LogP contribution in [0.15, 0.2) is 60.8 Å². The number of hydrogen-bond donors (Lipinski definition) is 0. The van der Waals surface area contributed by atoms with E-state index in [1.165, 1.54) is 13.2 Å². The molecule has 0 bridgehead atoms. The van der Waals surface area contributed by atoms with Crippen LogP contribution in [0.2, 0.25) is 0 Å². The van der Waals surface area contributed by atoms with Gasteiger partial charge in [-0.2, -0.15) is 9.97 Å². The molecule has 2 aromatic heterocycles. The molecule has 11 heteroatoms. The zero-order valence-corrected chi connectivity index (χ0v) is 31.3. The van der Waals surface area contributed by atoms with E-state index in [4.69, 9.17) is 33.9 Å². The zero-order valence-electron chi connectivity index (χ0n) is 31.3. The normalized spacial score (nSPS) is 20.0. The third kappa shape index (κ3) is 7.93. The summed E-state index contributed by atoms with van der Waals surface area (Å²) >= 11 is 0. The minimum atomic E-state index is -0.626. The maximum Gasteiger partial charge on any atom is 0.319 e. The van der Waals surface area contributed by atoms with E-state index in [1.54, 1.807) is 24.4 Å². The quantitative estimate of drug-likeness (QED) is 0.0996. The Hall–Kier alpha value is -4.45. The molecular weight excluding hydrogens is 676 g/mol. The highest BCUT2D eigenvalue weighted by molar-refractivity contribution is 6.01. The van der Waals surface area contributed by atoms with Gasteiger partial charge in [0.1, 0.15) is 28.6 Å². The van der Waals surface area contributed by atoms with Crippen LogP contribution in [0.3, 0.4) is 0 Å². The Bertz CT molecular complexity index is 2070. The van der Waals surface area contributed by atoms with Gasteiger partial charge in [0.05, 0.1) is 25.2 Å². The van der Waals surface area contributed by atoms with Gasteiger partial charge < -0.3 is 28.7 Å². The standard InChI is InChI=1S/C42H49F2N5O4/c1-6-32-35(43)15-14-29-17-31(53-26-50-5)18-33(36(29)32)38-37(44)39-34(20-45-38)40(49-16-10-11-27(2)21-49)47-41(46-39)52-25-42(24-48(3)4)19-30(42)23-51-22-28-12-8-7-9-13-28/h7-9,12-15,17-18,20,27,30H,6,10-11,16,19,21-26H2,1-5H3/t27-,30?,42?/m1/s1. The number of halogens is 2. The van der Waals surface area contributed by atoms with E-state index in [1.807, 2.05) is 25.1 Å². The molecule has 7 rings (SSSR count). The van der Waals surface area contributed by atoms with E-state index in [2.05, 4.69) is 43.0 Å². The number of pyridine rings is 1. The van der Waals surface area contributed by atoms with E-state index in [0.29, 0.717) is 76.9 Å². The summed E-state index contributed by atoms with van der Waals surface area (Å²) in [6.45, 7) is 8.02. The molecular formula is C42H49F2N5O4. The van der Waals surface area contributed by atoms with Crippen LogP contribution in [0.25, 0.3) is 32.9 Å². The fourth-order valence-corrected chi connectivity index (χ4v) is 7.94. The Morgan fingerprint density at radius 2 is 1.87 bits per heavy atom. The highest BCUT2D eigenvalue weighted by Gasteiger charge is 2.55. The Morgan fingerprint density at radius 1 is 1.04 bits per heavy atom. The number of piperidine rings is 1. The summed E-state index contributed by atoms with van der Waals surface area (Å²) in [5.74, 6) is 0.833. The van der Waals surface area contributed by atoms with Crippen LogP contribution >= 0.6 is 0 Å². The minimum absolute atomic E-state index is 0.00126. The second kappa shape index (κ2) is 15.9. The van der Waals surface area contributed by atoms with E-state index < -0.39 is 5.82 Å². The third-order valence-electron chi connectivity index (χ3n) is 10.6. The van der Waals surface area contributed by atoms with Crippen molar-refractivity contribution in [2.75, 3.05) is 65.7 Å². The van der Waals surface area contributed by atoms with Gasteiger partial charge in [-0.3, -0.25) is 4.98 Å². The van der Waals surface area contributed by atoms with Crippen LogP contribution in [0.1, 0.15) is 44.2 Å². The van der Waals surface area contributed by atoms with E-state index in [-0.39, 0.29) is 35.2 Å². The van der Waals surface area contributed by atoms with Gasteiger partial charge in [0.25, 0.3) is 0 Å². The minimum Gasteiger partial charge on any atom is -0.468 e. The first-order valence-corrected chi connectivity index (χ1v) is 18.6. The van der Waals surface area contributed by atoms with Gasteiger partial charge in [0, 0.05) is 43.9 Å². The fourth-order valence-electron chi connectivity index (χ4n) is 7.94. The average molecular weight is 726 g/mol. The van der Waals surface area contributed by atoms with Crippen LogP contribution in [0.5, 0.6) is 11.8 Å². The van der Waals surface area contributed by atoms with Crippen molar-refractivity contribution in [3.63, 3.8) is 0 Å². The van der Waals surface area contributed by atoms with Gasteiger partial charge in [0.15, 0.2) is 12.6 Å². The first-order valence-electron chi connectivity index (χ1n) is 18.6. The Morgan fingerprint density at radius 3 is 2.62 bits per heavy atom. The molecule has 2 fully saturated rings. The SMILES string of the molecule is CCc1c(F)ccc2cc(OCOC)cc(-c3ncc4c(N5CCC[C@@H](C)C5)nc(OCC5(CN(C)C)CC5COCc5ccccc5)nc4c3F)c12. The van der Waals surface area contributed by atoms with Crippen molar-refractivity contribution >= 4 is 27.5 Å². The summed E-state index contributed by atoms with van der Waals surface area (Å²) in [6.07, 6.45) is 5.11. The predicted octanol–water partition coefficient (Wildman–Crippen LogP) is 8.07. The number of ether oxygens (including phenoxy) is 4. The van der Waals surface area contributed by atoms with E-state index in [0.717, 1.165) is 44.5 Å². The summed E-state index contributed by atoms with van der Waals surface area (Å²) in [5, 5.41) is 1.80. The topological polar surface area (TPSA) is 82.1 Å². The van der Waals surface area contributed by atoms with Crippen molar-refractivity contribution in [2.24, 2.45) is 17.3 Å². The maximum atomic E-state index is 17.2. The Balaban J connectivity index is 1.27. The summed E-state index contributed by atoms with van der Waals surface area (Å²) < 4.78 is 56.0. The summed E-state index contributed by atoms with van der Waals surface area (Å²) in [4.78, 5) is 18.7. The van der Waals surface area contributed by atoms with Gasteiger partial charge in [-0.05, 0) is 91.7 Å². The first-order chi connectivity index (χ1) is 25.7. The van der Waals surface area contributed by atoms with Crippen LogP contribution < -0.4 is 14.4 Å². The van der Waals surface area contributed by atoms with Crippen LogP contribution in [0, 0.1) is 28.9 Å². The molecule has 3 heterocycles. The fraction of sp³-hybridized carbons (Fsp3) is 0.452. The largest absolute Gasteiger partial charge is 0.468 e. The number of benzene rings is 3. The van der Waals surface area contributed by atoms with Crippen molar-refractivity contribution < 1.29 is 27.7 Å². The molecule has 0 N–H and O–H groups in total. The molecule has 1 saturated carbocycles. The van der Waals surface area contributed by atoms with Crippen LogP contribution in [-0.4, -0.2) is 80.7 Å². The number of methoxy groups -OCH3 is 1. The third-order valence-corrected chi connectivity index (χ3v) is 10.6. The highest BCUT2D eigenvalue weighted by atomic mass is 19.1. The van der Waals surface area contributed by atoms with E-state index in [9.17, 15) is 0 Å². The number of aryl methyl sites for hydroxylation is 1.